The Morgan fingerprint density at radius 2 is 2.18 bits per heavy atom. The van der Waals surface area contributed by atoms with Crippen LogP contribution < -0.4 is 0 Å². The second-order valence-corrected chi connectivity index (χ2v) is 5.40. The quantitative estimate of drug-likeness (QED) is 0.823. The Labute approximate surface area is 106 Å². The lowest BCUT2D eigenvalue weighted by Crippen LogP contribution is -2.08. The molecule has 3 nitrogen and oxygen atoms in total. The highest BCUT2D eigenvalue weighted by atomic mass is 32.1. The molecule has 4 heteroatoms. The Morgan fingerprint density at radius 3 is 2.94 bits per heavy atom. The summed E-state index contributed by atoms with van der Waals surface area (Å²) in [5.74, 6) is 0.781. The van der Waals surface area contributed by atoms with E-state index in [0.29, 0.717) is 0 Å². The maximum Gasteiger partial charge on any atom is 0.179 e. The normalized spacial score (nSPS) is 17.0. The molecule has 2 aromatic heterocycles. The van der Waals surface area contributed by atoms with Crippen molar-refractivity contribution < 1.29 is 0 Å². The monoisotopic (exact) mass is 247 g/mol. The molecule has 1 N–H and O–H groups in total. The van der Waals surface area contributed by atoms with E-state index in [1.165, 1.54) is 25.7 Å². The number of hydrogen-bond acceptors (Lipinski definition) is 2. The molecule has 1 fully saturated rings. The van der Waals surface area contributed by atoms with Crippen LogP contribution in [0.25, 0.3) is 11.2 Å². The molecule has 17 heavy (non-hydrogen) atoms. The van der Waals surface area contributed by atoms with Crippen LogP contribution >= 0.6 is 12.2 Å². The van der Waals surface area contributed by atoms with Gasteiger partial charge in [0.15, 0.2) is 10.4 Å². The predicted octanol–water partition coefficient (Wildman–Crippen LogP) is 3.59. The van der Waals surface area contributed by atoms with Crippen LogP contribution in [0.4, 0.5) is 0 Å². The maximum atomic E-state index is 5.40. The van der Waals surface area contributed by atoms with Gasteiger partial charge in [-0.3, -0.25) is 0 Å². The van der Waals surface area contributed by atoms with Gasteiger partial charge in [0, 0.05) is 12.2 Å². The molecule has 0 bridgehead atoms. The zero-order valence-electron chi connectivity index (χ0n) is 10.1. The minimum absolute atomic E-state index is 0.781. The van der Waals surface area contributed by atoms with Gasteiger partial charge in [0.1, 0.15) is 0 Å². The first-order valence-electron chi connectivity index (χ1n) is 6.30. The molecular formula is C13H17N3S. The Kier molecular flexibility index (Phi) is 2.74. The van der Waals surface area contributed by atoms with Crippen LogP contribution in [-0.2, 0) is 6.54 Å². The van der Waals surface area contributed by atoms with Gasteiger partial charge in [-0.1, -0.05) is 12.8 Å². The summed E-state index contributed by atoms with van der Waals surface area (Å²) in [6.45, 7) is 3.05. The van der Waals surface area contributed by atoms with E-state index in [-0.39, 0.29) is 0 Å². The first kappa shape index (κ1) is 11.0. The van der Waals surface area contributed by atoms with Crippen LogP contribution in [0.5, 0.6) is 0 Å². The number of imidazole rings is 1. The van der Waals surface area contributed by atoms with Gasteiger partial charge in [0.2, 0.25) is 0 Å². The molecule has 1 saturated carbocycles. The number of fused-ring (bicyclic) bond motifs is 1. The van der Waals surface area contributed by atoms with E-state index in [9.17, 15) is 0 Å². The van der Waals surface area contributed by atoms with Crippen molar-refractivity contribution in [2.24, 2.45) is 5.92 Å². The van der Waals surface area contributed by atoms with Crippen LogP contribution in [-0.4, -0.2) is 14.5 Å². The van der Waals surface area contributed by atoms with Gasteiger partial charge in [-0.15, -0.1) is 0 Å². The van der Waals surface area contributed by atoms with Crippen molar-refractivity contribution in [3.63, 3.8) is 0 Å². The fourth-order valence-electron chi connectivity index (χ4n) is 2.75. The third-order valence-corrected chi connectivity index (χ3v) is 3.99. The number of nitrogens with one attached hydrogen (secondary N) is 1. The van der Waals surface area contributed by atoms with Gasteiger partial charge in [0.05, 0.1) is 5.52 Å². The highest BCUT2D eigenvalue weighted by Crippen LogP contribution is 2.27. The van der Waals surface area contributed by atoms with E-state index >= 15 is 0 Å². The number of nitrogens with zero attached hydrogens (tertiary/aromatic N) is 2. The molecule has 0 amide bonds. The van der Waals surface area contributed by atoms with E-state index in [2.05, 4.69) is 20.6 Å². The third kappa shape index (κ3) is 2.02. The van der Waals surface area contributed by atoms with Gasteiger partial charge >= 0.3 is 0 Å². The summed E-state index contributed by atoms with van der Waals surface area (Å²) in [7, 11) is 0. The van der Waals surface area contributed by atoms with Crippen molar-refractivity contribution in [2.45, 2.75) is 39.2 Å². The summed E-state index contributed by atoms with van der Waals surface area (Å²) in [5.41, 5.74) is 3.12. The van der Waals surface area contributed by atoms with Gasteiger partial charge in [-0.05, 0) is 50.0 Å². The standard InChI is InChI=1S/C13H17N3S/c1-9-6-7-11-12(14-9)16(13(17)15-11)8-10-4-2-3-5-10/h6-7,10H,2-5,8H2,1H3,(H,15,17). The lowest BCUT2D eigenvalue weighted by Gasteiger charge is -2.10. The molecule has 0 aromatic carbocycles. The Balaban J connectivity index is 2.04. The van der Waals surface area contributed by atoms with Crippen molar-refractivity contribution in [1.82, 2.24) is 14.5 Å². The summed E-state index contributed by atoms with van der Waals surface area (Å²) in [5, 5.41) is 0. The predicted molar refractivity (Wildman–Crippen MR) is 71.6 cm³/mol. The van der Waals surface area contributed by atoms with Crippen LogP contribution in [0.15, 0.2) is 12.1 Å². The van der Waals surface area contributed by atoms with E-state index in [1.54, 1.807) is 0 Å². The van der Waals surface area contributed by atoms with E-state index in [0.717, 1.165) is 34.1 Å². The molecule has 90 valence electrons. The van der Waals surface area contributed by atoms with Gasteiger partial charge in [0.25, 0.3) is 0 Å². The lowest BCUT2D eigenvalue weighted by molar-refractivity contribution is 0.460. The molecule has 0 aliphatic heterocycles. The largest absolute Gasteiger partial charge is 0.329 e. The highest BCUT2D eigenvalue weighted by molar-refractivity contribution is 7.71. The van der Waals surface area contributed by atoms with Crippen LogP contribution in [0, 0.1) is 17.6 Å². The number of hydrogen-bond donors (Lipinski definition) is 1. The summed E-state index contributed by atoms with van der Waals surface area (Å²) >= 11 is 5.40. The lowest BCUT2D eigenvalue weighted by atomic mass is 10.1. The van der Waals surface area contributed by atoms with Crippen LogP contribution in [0.2, 0.25) is 0 Å². The van der Waals surface area contributed by atoms with E-state index < -0.39 is 0 Å². The van der Waals surface area contributed by atoms with Crippen molar-refractivity contribution in [1.29, 1.82) is 0 Å². The van der Waals surface area contributed by atoms with E-state index in [4.69, 9.17) is 12.2 Å². The van der Waals surface area contributed by atoms with Crippen molar-refractivity contribution >= 4 is 23.4 Å². The second-order valence-electron chi connectivity index (χ2n) is 5.02. The Hall–Kier alpha value is -1.16. The van der Waals surface area contributed by atoms with Crippen LogP contribution in [0.1, 0.15) is 31.4 Å². The zero-order valence-corrected chi connectivity index (χ0v) is 10.9. The summed E-state index contributed by atoms with van der Waals surface area (Å²) in [6.07, 6.45) is 5.40. The van der Waals surface area contributed by atoms with Crippen molar-refractivity contribution in [3.8, 4) is 0 Å². The first-order chi connectivity index (χ1) is 8.24. The maximum absolute atomic E-state index is 5.40. The molecule has 3 rings (SSSR count). The average Bonchev–Trinajstić information content (AvgIpc) is 2.90. The topological polar surface area (TPSA) is 33.6 Å². The minimum atomic E-state index is 0.781. The number of pyridine rings is 1. The van der Waals surface area contributed by atoms with Gasteiger partial charge in [-0.2, -0.15) is 0 Å². The van der Waals surface area contributed by atoms with Crippen molar-refractivity contribution in [3.05, 3.63) is 22.6 Å². The summed E-state index contributed by atoms with van der Waals surface area (Å²) in [4.78, 5) is 7.85. The van der Waals surface area contributed by atoms with Gasteiger partial charge < -0.3 is 9.55 Å². The summed E-state index contributed by atoms with van der Waals surface area (Å²) in [6, 6.07) is 4.09. The molecule has 2 heterocycles. The second kappa shape index (κ2) is 4.26. The molecular weight excluding hydrogens is 230 g/mol. The van der Waals surface area contributed by atoms with E-state index in [1.807, 2.05) is 13.0 Å². The van der Waals surface area contributed by atoms with Crippen LogP contribution in [0.3, 0.4) is 0 Å². The number of rotatable bonds is 2. The molecule has 0 atom stereocenters. The Morgan fingerprint density at radius 1 is 1.41 bits per heavy atom. The smallest absolute Gasteiger partial charge is 0.179 e. The Bertz CT molecular complexity index is 590. The van der Waals surface area contributed by atoms with Gasteiger partial charge in [-0.25, -0.2) is 4.98 Å². The number of aryl methyl sites for hydroxylation is 1. The minimum Gasteiger partial charge on any atom is -0.329 e. The first-order valence-corrected chi connectivity index (χ1v) is 6.71. The molecule has 1 aliphatic rings. The summed E-state index contributed by atoms with van der Waals surface area (Å²) < 4.78 is 2.98. The zero-order chi connectivity index (χ0) is 11.8. The molecule has 0 unspecified atom stereocenters. The number of H-pyrrole nitrogens is 1. The molecule has 0 radical (unpaired) electrons. The molecule has 0 spiro atoms. The average molecular weight is 247 g/mol. The highest BCUT2D eigenvalue weighted by Gasteiger charge is 2.17. The fraction of sp³-hybridized carbons (Fsp3) is 0.538. The number of aromatic amines is 1. The number of aromatic nitrogens is 3. The SMILES string of the molecule is Cc1ccc2[nH]c(=S)n(CC3CCCC3)c2n1. The molecule has 0 saturated heterocycles. The van der Waals surface area contributed by atoms with Crippen molar-refractivity contribution in [2.75, 3.05) is 0 Å². The molecule has 2 aromatic rings. The third-order valence-electron chi connectivity index (χ3n) is 3.67. The molecule has 1 aliphatic carbocycles. The fourth-order valence-corrected chi connectivity index (χ4v) is 3.02.